The van der Waals surface area contributed by atoms with Crippen LogP contribution >= 0.6 is 0 Å². The maximum Gasteiger partial charge on any atom is 0.333 e. The summed E-state index contributed by atoms with van der Waals surface area (Å²) in [5.74, 6) is 0.109. The second-order valence-electron chi connectivity index (χ2n) is 3.81. The average molecular weight is 254 g/mol. The summed E-state index contributed by atoms with van der Waals surface area (Å²) >= 11 is 0. The number of rotatable bonds is 5. The molecule has 19 heavy (non-hydrogen) atoms. The molecule has 2 aromatic carbocycles. The zero-order chi connectivity index (χ0) is 13.5. The normalized spacial score (nSPS) is 11.4. The van der Waals surface area contributed by atoms with Gasteiger partial charge in [0.15, 0.2) is 0 Å². The Morgan fingerprint density at radius 3 is 2.16 bits per heavy atom. The lowest BCUT2D eigenvalue weighted by Crippen LogP contribution is -2.15. The van der Waals surface area contributed by atoms with Gasteiger partial charge in [-0.25, -0.2) is 4.79 Å². The van der Waals surface area contributed by atoms with Crippen molar-refractivity contribution in [2.75, 3.05) is 0 Å². The zero-order valence-corrected chi connectivity index (χ0v) is 10.4. The molecule has 2 rings (SSSR count). The molecular weight excluding hydrogens is 240 g/mol. The predicted octanol–water partition coefficient (Wildman–Crippen LogP) is 3.49. The molecule has 1 atom stereocenters. The lowest BCUT2D eigenvalue weighted by atomic mass is 10.2. The molecule has 0 aliphatic rings. The molecule has 0 saturated heterocycles. The van der Waals surface area contributed by atoms with Gasteiger partial charge in [0, 0.05) is 11.6 Å². The molecule has 0 spiro atoms. The highest BCUT2D eigenvalue weighted by Gasteiger charge is 2.16. The molecule has 0 aliphatic heterocycles. The lowest BCUT2D eigenvalue weighted by molar-refractivity contribution is -0.158. The van der Waals surface area contributed by atoms with Crippen LogP contribution < -0.4 is 4.74 Å². The molecule has 0 amide bonds. The van der Waals surface area contributed by atoms with Crippen LogP contribution in [-0.2, 0) is 9.53 Å². The number of para-hydroxylation sites is 1. The van der Waals surface area contributed by atoms with Gasteiger partial charge >= 0.3 is 5.97 Å². The van der Waals surface area contributed by atoms with Gasteiger partial charge < -0.3 is 9.47 Å². The van der Waals surface area contributed by atoms with Crippen molar-refractivity contribution in [3.05, 3.63) is 78.9 Å². The fourth-order valence-electron chi connectivity index (χ4n) is 1.55. The van der Waals surface area contributed by atoms with Crippen molar-refractivity contribution >= 4 is 5.97 Å². The van der Waals surface area contributed by atoms with Crippen molar-refractivity contribution in [1.82, 2.24) is 0 Å². The first-order valence-corrected chi connectivity index (χ1v) is 5.89. The third-order valence-corrected chi connectivity index (χ3v) is 2.45. The summed E-state index contributed by atoms with van der Waals surface area (Å²) in [7, 11) is 0. The van der Waals surface area contributed by atoms with Gasteiger partial charge in [0.2, 0.25) is 0 Å². The fraction of sp³-hybridized carbons (Fsp3) is 0.0625. The Balaban J connectivity index is 2.19. The average Bonchev–Trinajstić information content (AvgIpc) is 2.48. The number of hydrogen-bond acceptors (Lipinski definition) is 3. The first-order chi connectivity index (χ1) is 9.29. The molecule has 0 saturated carbocycles. The minimum absolute atomic E-state index is 0.523. The van der Waals surface area contributed by atoms with E-state index in [9.17, 15) is 4.79 Å². The minimum atomic E-state index is -0.783. The molecule has 3 nitrogen and oxygen atoms in total. The number of esters is 1. The number of benzene rings is 2. The Bertz CT molecular complexity index is 534. The summed E-state index contributed by atoms with van der Waals surface area (Å²) in [6.45, 7) is 3.38. The van der Waals surface area contributed by atoms with Crippen LogP contribution in [0.25, 0.3) is 0 Å². The third kappa shape index (κ3) is 3.71. The van der Waals surface area contributed by atoms with E-state index in [1.54, 1.807) is 12.1 Å². The van der Waals surface area contributed by atoms with Crippen LogP contribution in [0.2, 0.25) is 0 Å². The number of carbonyl (C=O) groups excluding carboxylic acids is 1. The van der Waals surface area contributed by atoms with Crippen molar-refractivity contribution in [2.24, 2.45) is 0 Å². The molecule has 1 unspecified atom stereocenters. The van der Waals surface area contributed by atoms with Crippen molar-refractivity contribution in [3.63, 3.8) is 0 Å². The smallest absolute Gasteiger partial charge is 0.333 e. The highest BCUT2D eigenvalue weighted by molar-refractivity contribution is 5.81. The lowest BCUT2D eigenvalue weighted by Gasteiger charge is -2.18. The second-order valence-corrected chi connectivity index (χ2v) is 3.81. The maximum atomic E-state index is 11.4. The van der Waals surface area contributed by atoms with Gasteiger partial charge in [-0.2, -0.15) is 0 Å². The van der Waals surface area contributed by atoms with Crippen LogP contribution in [0, 0.1) is 0 Å². The predicted molar refractivity (Wildman–Crippen MR) is 72.5 cm³/mol. The van der Waals surface area contributed by atoms with E-state index < -0.39 is 12.3 Å². The van der Waals surface area contributed by atoms with Crippen LogP contribution in [0.1, 0.15) is 11.9 Å². The van der Waals surface area contributed by atoms with E-state index in [0.29, 0.717) is 5.75 Å². The monoisotopic (exact) mass is 254 g/mol. The molecule has 2 aromatic rings. The van der Waals surface area contributed by atoms with Crippen molar-refractivity contribution in [1.29, 1.82) is 0 Å². The molecule has 3 heteroatoms. The standard InChI is InChI=1S/C16H14O3/c1-2-15(17)19-16(13-9-5-3-6-10-13)18-14-11-7-4-8-12-14/h2-12,16H,1H2. The molecule has 96 valence electrons. The summed E-state index contributed by atoms with van der Waals surface area (Å²) < 4.78 is 10.9. The van der Waals surface area contributed by atoms with E-state index in [0.717, 1.165) is 11.6 Å². The Hall–Kier alpha value is -2.55. The Labute approximate surface area is 112 Å². The van der Waals surface area contributed by atoms with Crippen LogP contribution in [-0.4, -0.2) is 5.97 Å². The molecule has 0 radical (unpaired) electrons. The van der Waals surface area contributed by atoms with Gasteiger partial charge in [0.1, 0.15) is 5.75 Å². The van der Waals surface area contributed by atoms with Crippen LogP contribution in [0.4, 0.5) is 0 Å². The molecule has 0 bridgehead atoms. The van der Waals surface area contributed by atoms with Gasteiger partial charge in [-0.15, -0.1) is 0 Å². The topological polar surface area (TPSA) is 35.5 Å². The quantitative estimate of drug-likeness (QED) is 0.465. The summed E-state index contributed by atoms with van der Waals surface area (Å²) in [5.41, 5.74) is 0.765. The highest BCUT2D eigenvalue weighted by atomic mass is 16.7. The number of hydrogen-bond donors (Lipinski definition) is 0. The van der Waals surface area contributed by atoms with Crippen molar-refractivity contribution < 1.29 is 14.3 Å². The van der Waals surface area contributed by atoms with E-state index >= 15 is 0 Å². The molecule has 0 N–H and O–H groups in total. The van der Waals surface area contributed by atoms with E-state index in [1.165, 1.54) is 0 Å². The fourth-order valence-corrected chi connectivity index (χ4v) is 1.55. The first kappa shape index (κ1) is 12.9. The molecule has 0 aromatic heterocycles. The molecular formula is C16H14O3. The van der Waals surface area contributed by atoms with Gasteiger partial charge in [-0.1, -0.05) is 55.1 Å². The Kier molecular flexibility index (Phi) is 4.34. The van der Waals surface area contributed by atoms with Gasteiger partial charge in [0.05, 0.1) is 0 Å². The van der Waals surface area contributed by atoms with Gasteiger partial charge in [0.25, 0.3) is 6.29 Å². The molecule has 0 heterocycles. The largest absolute Gasteiger partial charge is 0.450 e. The number of carbonyl (C=O) groups is 1. The molecule has 0 aliphatic carbocycles. The maximum absolute atomic E-state index is 11.4. The zero-order valence-electron chi connectivity index (χ0n) is 10.4. The molecule has 0 fully saturated rings. The highest BCUT2D eigenvalue weighted by Crippen LogP contribution is 2.23. The van der Waals surface area contributed by atoms with Crippen molar-refractivity contribution in [3.8, 4) is 5.75 Å². The van der Waals surface area contributed by atoms with Crippen LogP contribution in [0.5, 0.6) is 5.75 Å². The van der Waals surface area contributed by atoms with Gasteiger partial charge in [-0.05, 0) is 12.1 Å². The van der Waals surface area contributed by atoms with Crippen molar-refractivity contribution in [2.45, 2.75) is 6.29 Å². The SMILES string of the molecule is C=CC(=O)OC(Oc1ccccc1)c1ccccc1. The third-order valence-electron chi connectivity index (χ3n) is 2.45. The van der Waals surface area contributed by atoms with Crippen LogP contribution in [0.15, 0.2) is 73.3 Å². The van der Waals surface area contributed by atoms with E-state index in [2.05, 4.69) is 6.58 Å². The summed E-state index contributed by atoms with van der Waals surface area (Å²) in [6.07, 6.45) is 0.332. The Morgan fingerprint density at radius 1 is 1.00 bits per heavy atom. The van der Waals surface area contributed by atoms with E-state index in [1.807, 2.05) is 48.5 Å². The van der Waals surface area contributed by atoms with Crippen LogP contribution in [0.3, 0.4) is 0 Å². The number of ether oxygens (including phenoxy) is 2. The minimum Gasteiger partial charge on any atom is -0.450 e. The van der Waals surface area contributed by atoms with Gasteiger partial charge in [-0.3, -0.25) is 0 Å². The second kappa shape index (κ2) is 6.40. The summed E-state index contributed by atoms with van der Waals surface area (Å²) in [5, 5.41) is 0. The Morgan fingerprint density at radius 2 is 1.58 bits per heavy atom. The summed E-state index contributed by atoms with van der Waals surface area (Å²) in [4.78, 5) is 11.4. The first-order valence-electron chi connectivity index (χ1n) is 5.89. The van der Waals surface area contributed by atoms with E-state index in [4.69, 9.17) is 9.47 Å². The van der Waals surface area contributed by atoms with E-state index in [-0.39, 0.29) is 0 Å². The summed E-state index contributed by atoms with van der Waals surface area (Å²) in [6, 6.07) is 18.5.